The van der Waals surface area contributed by atoms with Crippen LogP contribution in [0.4, 0.5) is 5.69 Å². The number of hydrogen-bond acceptors (Lipinski definition) is 4. The second-order valence-electron chi connectivity index (χ2n) is 5.21. The van der Waals surface area contributed by atoms with Crippen molar-refractivity contribution in [2.45, 2.75) is 19.4 Å². The van der Waals surface area contributed by atoms with Gasteiger partial charge < -0.3 is 9.64 Å². The first-order valence-electron chi connectivity index (χ1n) is 7.32. The minimum Gasteiger partial charge on any atom is -0.456 e. The maximum atomic E-state index is 12.2. The number of carbonyl (C=O) groups excluding carboxylic acids is 2. The molecule has 1 aliphatic rings. The molecule has 5 nitrogen and oxygen atoms in total. The van der Waals surface area contributed by atoms with Crippen LogP contribution in [0, 0.1) is 0 Å². The van der Waals surface area contributed by atoms with E-state index in [4.69, 9.17) is 16.3 Å². The van der Waals surface area contributed by atoms with E-state index in [0.717, 1.165) is 6.42 Å². The van der Waals surface area contributed by atoms with Gasteiger partial charge in [-0.3, -0.25) is 9.78 Å². The molecule has 1 amide bonds. The second kappa shape index (κ2) is 6.79. The number of hydrogen-bond donors (Lipinski definition) is 0. The third-order valence-corrected chi connectivity index (χ3v) is 3.94. The molecule has 0 atom stereocenters. The average molecular weight is 331 g/mol. The van der Waals surface area contributed by atoms with Crippen molar-refractivity contribution in [2.75, 3.05) is 11.4 Å². The predicted octanol–water partition coefficient (Wildman–Crippen LogP) is 3.22. The first kappa shape index (κ1) is 15.5. The molecule has 1 saturated heterocycles. The summed E-state index contributed by atoms with van der Waals surface area (Å²) in [6, 6.07) is 10.2. The standard InChI is InChI=1S/C17H15ClN2O3/c18-14-7-6-12(10-15(14)20-9-3-5-16(20)21)17(22)23-11-13-4-1-2-8-19-13/h1-2,4,6-8,10H,3,5,9,11H2. The average Bonchev–Trinajstić information content (AvgIpc) is 3.00. The molecule has 0 bridgehead atoms. The van der Waals surface area contributed by atoms with E-state index in [2.05, 4.69) is 4.98 Å². The van der Waals surface area contributed by atoms with Crippen molar-refractivity contribution in [2.24, 2.45) is 0 Å². The summed E-state index contributed by atoms with van der Waals surface area (Å²) in [5, 5.41) is 0.446. The van der Waals surface area contributed by atoms with Gasteiger partial charge in [-0.1, -0.05) is 17.7 Å². The van der Waals surface area contributed by atoms with Crippen LogP contribution in [0.1, 0.15) is 28.9 Å². The molecule has 1 aliphatic heterocycles. The quantitative estimate of drug-likeness (QED) is 0.808. The third-order valence-electron chi connectivity index (χ3n) is 3.62. The zero-order valence-corrected chi connectivity index (χ0v) is 13.1. The van der Waals surface area contributed by atoms with Crippen LogP contribution in [-0.2, 0) is 16.1 Å². The van der Waals surface area contributed by atoms with Gasteiger partial charge in [0, 0.05) is 19.2 Å². The SMILES string of the molecule is O=C(OCc1ccccn1)c1ccc(Cl)c(N2CCCC2=O)c1. The van der Waals surface area contributed by atoms with Gasteiger partial charge in [-0.2, -0.15) is 0 Å². The smallest absolute Gasteiger partial charge is 0.338 e. The van der Waals surface area contributed by atoms with Crippen molar-refractivity contribution in [3.63, 3.8) is 0 Å². The van der Waals surface area contributed by atoms with Crippen molar-refractivity contribution in [1.82, 2.24) is 4.98 Å². The summed E-state index contributed by atoms with van der Waals surface area (Å²) in [5.74, 6) is -0.453. The van der Waals surface area contributed by atoms with Crippen molar-refractivity contribution < 1.29 is 14.3 Å². The predicted molar refractivity (Wildman–Crippen MR) is 86.4 cm³/mol. The van der Waals surface area contributed by atoms with Crippen LogP contribution < -0.4 is 4.90 Å². The molecule has 0 unspecified atom stereocenters. The van der Waals surface area contributed by atoms with E-state index in [1.54, 1.807) is 41.4 Å². The largest absolute Gasteiger partial charge is 0.456 e. The molecule has 118 valence electrons. The minimum absolute atomic E-state index is 0.0194. The highest BCUT2D eigenvalue weighted by Crippen LogP contribution is 2.30. The molecule has 23 heavy (non-hydrogen) atoms. The maximum Gasteiger partial charge on any atom is 0.338 e. The molecule has 1 aromatic heterocycles. The summed E-state index contributed by atoms with van der Waals surface area (Å²) in [4.78, 5) is 29.7. The number of nitrogens with zero attached hydrogens (tertiary/aromatic N) is 2. The zero-order chi connectivity index (χ0) is 16.2. The molecule has 0 spiro atoms. The summed E-state index contributed by atoms with van der Waals surface area (Å²) in [7, 11) is 0. The molecule has 0 N–H and O–H groups in total. The third kappa shape index (κ3) is 3.51. The highest BCUT2D eigenvalue weighted by Gasteiger charge is 2.24. The van der Waals surface area contributed by atoms with Crippen molar-refractivity contribution in [3.05, 3.63) is 58.9 Å². The zero-order valence-electron chi connectivity index (χ0n) is 12.4. The molecule has 2 heterocycles. The fraction of sp³-hybridized carbons (Fsp3) is 0.235. The fourth-order valence-corrected chi connectivity index (χ4v) is 2.68. The molecule has 0 aliphatic carbocycles. The number of rotatable bonds is 4. The number of esters is 1. The Bertz CT molecular complexity index is 734. The van der Waals surface area contributed by atoms with Crippen LogP contribution in [-0.4, -0.2) is 23.4 Å². The summed E-state index contributed by atoms with van der Waals surface area (Å²) < 4.78 is 5.25. The Hall–Kier alpha value is -2.40. The van der Waals surface area contributed by atoms with Gasteiger partial charge >= 0.3 is 5.97 Å². The Kier molecular flexibility index (Phi) is 4.57. The molecule has 1 aromatic carbocycles. The molecule has 2 aromatic rings. The van der Waals surface area contributed by atoms with Crippen LogP contribution in [0.2, 0.25) is 5.02 Å². The lowest BCUT2D eigenvalue weighted by Gasteiger charge is -2.18. The first-order valence-corrected chi connectivity index (χ1v) is 7.70. The highest BCUT2D eigenvalue weighted by molar-refractivity contribution is 6.34. The van der Waals surface area contributed by atoms with Gasteiger partial charge in [0.25, 0.3) is 0 Å². The molecule has 3 rings (SSSR count). The van der Waals surface area contributed by atoms with Crippen molar-refractivity contribution in [3.8, 4) is 0 Å². The lowest BCUT2D eigenvalue weighted by atomic mass is 10.2. The number of halogens is 1. The van der Waals surface area contributed by atoms with Crippen LogP contribution >= 0.6 is 11.6 Å². The number of benzene rings is 1. The Balaban J connectivity index is 1.74. The van der Waals surface area contributed by atoms with Crippen LogP contribution in [0.3, 0.4) is 0 Å². The number of anilines is 1. The van der Waals surface area contributed by atoms with Gasteiger partial charge in [-0.15, -0.1) is 0 Å². The van der Waals surface area contributed by atoms with Gasteiger partial charge in [0.05, 0.1) is 22.0 Å². The number of aromatic nitrogens is 1. The summed E-state index contributed by atoms with van der Waals surface area (Å²) in [6.45, 7) is 0.714. The first-order chi connectivity index (χ1) is 11.1. The van der Waals surface area contributed by atoms with E-state index >= 15 is 0 Å². The number of carbonyl (C=O) groups is 2. The normalized spacial score (nSPS) is 14.1. The maximum absolute atomic E-state index is 12.2. The van der Waals surface area contributed by atoms with E-state index in [0.29, 0.717) is 34.9 Å². The lowest BCUT2D eigenvalue weighted by Crippen LogP contribution is -2.24. The van der Waals surface area contributed by atoms with Gasteiger partial charge in [0.2, 0.25) is 5.91 Å². The molecular formula is C17H15ClN2O3. The Labute approximate surface area is 138 Å². The number of pyridine rings is 1. The Morgan fingerprint density at radius 2 is 2.17 bits per heavy atom. The molecular weight excluding hydrogens is 316 g/mol. The van der Waals surface area contributed by atoms with Crippen LogP contribution in [0.15, 0.2) is 42.6 Å². The van der Waals surface area contributed by atoms with Crippen molar-refractivity contribution >= 4 is 29.2 Å². The highest BCUT2D eigenvalue weighted by atomic mass is 35.5. The number of amides is 1. The topological polar surface area (TPSA) is 59.5 Å². The molecule has 0 saturated carbocycles. The van der Waals surface area contributed by atoms with E-state index in [-0.39, 0.29) is 12.5 Å². The van der Waals surface area contributed by atoms with E-state index in [9.17, 15) is 9.59 Å². The summed E-state index contributed by atoms with van der Waals surface area (Å²) in [5.41, 5.74) is 1.59. The fourth-order valence-electron chi connectivity index (χ4n) is 2.46. The van der Waals surface area contributed by atoms with Crippen LogP contribution in [0.5, 0.6) is 0 Å². The van der Waals surface area contributed by atoms with E-state index in [1.165, 1.54) is 0 Å². The van der Waals surface area contributed by atoms with E-state index < -0.39 is 5.97 Å². The van der Waals surface area contributed by atoms with Crippen molar-refractivity contribution in [1.29, 1.82) is 0 Å². The minimum atomic E-state index is -0.472. The van der Waals surface area contributed by atoms with Gasteiger partial charge in [-0.05, 0) is 36.8 Å². The van der Waals surface area contributed by atoms with Gasteiger partial charge in [0.1, 0.15) is 6.61 Å². The van der Waals surface area contributed by atoms with Crippen LogP contribution in [0.25, 0.3) is 0 Å². The summed E-state index contributed by atoms with van der Waals surface area (Å²) >= 11 is 6.16. The number of ether oxygens (including phenoxy) is 1. The van der Waals surface area contributed by atoms with Gasteiger partial charge in [-0.25, -0.2) is 4.79 Å². The monoisotopic (exact) mass is 330 g/mol. The molecule has 0 radical (unpaired) electrons. The second-order valence-corrected chi connectivity index (χ2v) is 5.62. The van der Waals surface area contributed by atoms with E-state index in [1.807, 2.05) is 6.07 Å². The molecule has 1 fully saturated rings. The lowest BCUT2D eigenvalue weighted by molar-refractivity contribution is -0.117. The molecule has 6 heteroatoms. The van der Waals surface area contributed by atoms with Gasteiger partial charge in [0.15, 0.2) is 0 Å². The Morgan fingerprint density at radius 1 is 1.30 bits per heavy atom. The Morgan fingerprint density at radius 3 is 2.87 bits per heavy atom. The summed E-state index contributed by atoms with van der Waals surface area (Å²) in [6.07, 6.45) is 2.94.